The molecule has 1 heterocycles. The van der Waals surface area contributed by atoms with Gasteiger partial charge in [0.15, 0.2) is 0 Å². The summed E-state index contributed by atoms with van der Waals surface area (Å²) in [6.45, 7) is 0. The highest BCUT2D eigenvalue weighted by molar-refractivity contribution is 7.40. The maximum Gasteiger partial charge on any atom is 0.310 e. The predicted octanol–water partition coefficient (Wildman–Crippen LogP) is 2.47. The van der Waals surface area contributed by atoms with E-state index in [1.807, 2.05) is 0 Å². The summed E-state index contributed by atoms with van der Waals surface area (Å²) >= 11 is 0. The van der Waals surface area contributed by atoms with Gasteiger partial charge in [0.1, 0.15) is 0 Å². The lowest BCUT2D eigenvalue weighted by Crippen LogP contribution is -2.14. The van der Waals surface area contributed by atoms with Crippen LogP contribution in [0.4, 0.5) is 0 Å². The summed E-state index contributed by atoms with van der Waals surface area (Å²) in [4.78, 5) is 10.7. The van der Waals surface area contributed by atoms with Crippen molar-refractivity contribution in [1.82, 2.24) is 0 Å². The third-order valence-corrected chi connectivity index (χ3v) is 4.03. The fourth-order valence-electron chi connectivity index (χ4n) is 1.59. The van der Waals surface area contributed by atoms with Gasteiger partial charge in [-0.25, -0.2) is 0 Å². The smallest absolute Gasteiger partial charge is 0.310 e. The molecule has 3 heteroatoms. The third kappa shape index (κ3) is 3.53. The lowest BCUT2D eigenvalue weighted by atomic mass is 10.1. The van der Waals surface area contributed by atoms with Crippen LogP contribution >= 0.6 is 8.58 Å². The average Bonchev–Trinajstić information content (AvgIpc) is 2.15. The molecule has 0 aromatic carbocycles. The van der Waals surface area contributed by atoms with Crippen LogP contribution in [0.15, 0.2) is 0 Å². The van der Waals surface area contributed by atoms with Crippen LogP contribution in [-0.2, 0) is 4.79 Å². The van der Waals surface area contributed by atoms with Crippen molar-refractivity contribution in [3.8, 4) is 0 Å². The van der Waals surface area contributed by atoms with E-state index >= 15 is 0 Å². The van der Waals surface area contributed by atoms with Crippen molar-refractivity contribution in [3.05, 3.63) is 0 Å². The first-order valence-corrected chi connectivity index (χ1v) is 6.05. The number of hydrogen-bond donors (Lipinski definition) is 1. The van der Waals surface area contributed by atoms with Crippen molar-refractivity contribution < 1.29 is 9.90 Å². The molecule has 0 bridgehead atoms. The number of rotatable bonds is 1. The molecule has 2 atom stereocenters. The molecule has 0 aromatic heterocycles. The summed E-state index contributed by atoms with van der Waals surface area (Å²) in [6, 6.07) is 0. The maximum absolute atomic E-state index is 10.7. The van der Waals surface area contributed by atoms with Gasteiger partial charge in [-0.3, -0.25) is 4.79 Å². The van der Waals surface area contributed by atoms with Gasteiger partial charge in [-0.2, -0.15) is 0 Å². The van der Waals surface area contributed by atoms with Crippen LogP contribution in [0.3, 0.4) is 0 Å². The minimum absolute atomic E-state index is 0.0249. The Labute approximate surface area is 75.5 Å². The molecule has 0 radical (unpaired) electrons. The Bertz CT molecular complexity index is 137. The van der Waals surface area contributed by atoms with Gasteiger partial charge in [0.25, 0.3) is 0 Å². The summed E-state index contributed by atoms with van der Waals surface area (Å²) in [5.74, 6) is -0.574. The zero-order valence-corrected chi connectivity index (χ0v) is 8.38. The number of carboxylic acids is 1. The van der Waals surface area contributed by atoms with Gasteiger partial charge in [-0.1, -0.05) is 25.7 Å². The quantitative estimate of drug-likeness (QED) is 0.642. The molecule has 0 aromatic rings. The third-order valence-electron chi connectivity index (χ3n) is 2.36. The van der Waals surface area contributed by atoms with Gasteiger partial charge >= 0.3 is 5.97 Å². The Hall–Kier alpha value is -0.100. The van der Waals surface area contributed by atoms with Gasteiger partial charge in [0.2, 0.25) is 0 Å². The van der Waals surface area contributed by atoms with Crippen molar-refractivity contribution in [2.75, 3.05) is 6.16 Å². The highest BCUT2D eigenvalue weighted by Gasteiger charge is 2.16. The van der Waals surface area contributed by atoms with Crippen LogP contribution in [-0.4, -0.2) is 22.9 Å². The highest BCUT2D eigenvalue weighted by Crippen LogP contribution is 2.28. The Balaban J connectivity index is 2.33. The van der Waals surface area contributed by atoms with E-state index in [9.17, 15) is 4.79 Å². The zero-order valence-electron chi connectivity index (χ0n) is 7.38. The molecule has 1 saturated heterocycles. The summed E-state index contributed by atoms with van der Waals surface area (Å²) < 4.78 is 0. The molecule has 1 aliphatic heterocycles. The van der Waals surface area contributed by atoms with E-state index in [2.05, 4.69) is 0 Å². The van der Waals surface area contributed by atoms with Crippen molar-refractivity contribution in [3.63, 3.8) is 0 Å². The molecule has 0 amide bonds. The molecule has 0 aliphatic carbocycles. The van der Waals surface area contributed by atoms with E-state index in [1.54, 1.807) is 0 Å². The second-order valence-electron chi connectivity index (χ2n) is 3.40. The second-order valence-corrected chi connectivity index (χ2v) is 5.01. The Morgan fingerprint density at radius 2 is 1.83 bits per heavy atom. The molecule has 1 fully saturated rings. The molecular weight excluding hydrogens is 171 g/mol. The molecule has 12 heavy (non-hydrogen) atoms. The Morgan fingerprint density at radius 3 is 2.58 bits per heavy atom. The van der Waals surface area contributed by atoms with Crippen LogP contribution in [0.5, 0.6) is 0 Å². The predicted molar refractivity (Wildman–Crippen MR) is 52.3 cm³/mol. The van der Waals surface area contributed by atoms with Gasteiger partial charge in [0.05, 0.1) is 5.66 Å². The summed E-state index contributed by atoms with van der Waals surface area (Å²) in [5.41, 5.74) is -0.0249. The van der Waals surface area contributed by atoms with Crippen LogP contribution in [0, 0.1) is 0 Å². The van der Waals surface area contributed by atoms with Crippen LogP contribution < -0.4 is 0 Å². The zero-order chi connectivity index (χ0) is 8.81. The fraction of sp³-hybridized carbons (Fsp3) is 0.889. The molecule has 1 rings (SSSR count). The largest absolute Gasteiger partial charge is 0.481 e. The first kappa shape index (κ1) is 9.98. The van der Waals surface area contributed by atoms with E-state index in [4.69, 9.17) is 5.11 Å². The van der Waals surface area contributed by atoms with E-state index in [-0.39, 0.29) is 5.66 Å². The SMILES string of the molecule is O=C(O)C1CCCCCCCP1. The maximum atomic E-state index is 10.7. The molecule has 0 saturated carbocycles. The molecule has 1 N–H and O–H groups in total. The van der Waals surface area contributed by atoms with E-state index in [0.717, 1.165) is 19.0 Å². The van der Waals surface area contributed by atoms with Gasteiger partial charge in [0, 0.05) is 0 Å². The summed E-state index contributed by atoms with van der Waals surface area (Å²) in [7, 11) is 0.658. The molecule has 1 aliphatic rings. The fourth-order valence-corrected chi connectivity index (χ4v) is 2.98. The number of carbonyl (C=O) groups is 1. The van der Waals surface area contributed by atoms with Crippen LogP contribution in [0.1, 0.15) is 38.5 Å². The first-order valence-electron chi connectivity index (χ1n) is 4.77. The highest BCUT2D eigenvalue weighted by atomic mass is 31.1. The topological polar surface area (TPSA) is 37.3 Å². The summed E-state index contributed by atoms with van der Waals surface area (Å²) in [6.07, 6.45) is 8.24. The lowest BCUT2D eigenvalue weighted by Gasteiger charge is -2.09. The van der Waals surface area contributed by atoms with E-state index < -0.39 is 5.97 Å². The normalized spacial score (nSPS) is 28.8. The van der Waals surface area contributed by atoms with E-state index in [0.29, 0.717) is 8.58 Å². The van der Waals surface area contributed by atoms with Gasteiger partial charge in [-0.05, 0) is 19.0 Å². The average molecular weight is 188 g/mol. The minimum atomic E-state index is -0.574. The standard InChI is InChI=1S/C9H17O2P/c10-9(11)8-6-4-2-1-3-5-7-12-8/h8,12H,1-7H2,(H,10,11). The van der Waals surface area contributed by atoms with Gasteiger partial charge < -0.3 is 5.11 Å². The molecular formula is C9H17O2P. The number of hydrogen-bond acceptors (Lipinski definition) is 1. The monoisotopic (exact) mass is 188 g/mol. The lowest BCUT2D eigenvalue weighted by molar-refractivity contribution is -0.136. The van der Waals surface area contributed by atoms with Crippen LogP contribution in [0.2, 0.25) is 0 Å². The van der Waals surface area contributed by atoms with Crippen molar-refractivity contribution >= 4 is 14.6 Å². The molecule has 2 unspecified atom stereocenters. The van der Waals surface area contributed by atoms with E-state index in [1.165, 1.54) is 25.7 Å². The van der Waals surface area contributed by atoms with Crippen LogP contribution in [0.25, 0.3) is 0 Å². The summed E-state index contributed by atoms with van der Waals surface area (Å²) in [5, 5.41) is 8.85. The minimum Gasteiger partial charge on any atom is -0.481 e. The van der Waals surface area contributed by atoms with Crippen molar-refractivity contribution in [2.45, 2.75) is 44.2 Å². The Kier molecular flexibility index (Phi) is 4.60. The Morgan fingerprint density at radius 1 is 1.17 bits per heavy atom. The van der Waals surface area contributed by atoms with Gasteiger partial charge in [-0.15, -0.1) is 8.58 Å². The first-order chi connectivity index (χ1) is 5.80. The molecule has 2 nitrogen and oxygen atoms in total. The second kappa shape index (κ2) is 5.53. The number of carboxylic acid groups (broad SMARTS) is 1. The molecule has 0 spiro atoms. The van der Waals surface area contributed by atoms with Crippen molar-refractivity contribution in [2.24, 2.45) is 0 Å². The number of aliphatic carboxylic acids is 1. The van der Waals surface area contributed by atoms with Crippen molar-refractivity contribution in [1.29, 1.82) is 0 Å². The molecule has 70 valence electrons.